The van der Waals surface area contributed by atoms with Gasteiger partial charge >= 0.3 is 0 Å². The Balaban J connectivity index is 1.54. The number of H-pyrrole nitrogens is 1. The average Bonchev–Trinajstić information content (AvgIpc) is 3.07. The minimum Gasteiger partial charge on any atom is -0.359 e. The van der Waals surface area contributed by atoms with Crippen LogP contribution in [0.3, 0.4) is 0 Å². The second-order valence-corrected chi connectivity index (χ2v) is 6.89. The molecule has 0 unspecified atom stereocenters. The van der Waals surface area contributed by atoms with Gasteiger partial charge in [0.1, 0.15) is 5.82 Å². The molecule has 0 aromatic carbocycles. The molecule has 2 aliphatic rings. The quantitative estimate of drug-likeness (QED) is 0.868. The predicted molar refractivity (Wildman–Crippen MR) is 97.2 cm³/mol. The second kappa shape index (κ2) is 6.44. The number of amides is 2. The standard InChI is InChI=1S/C18H22N6O2/c1-23(10-14-12-5-3-4-6-13(12)21-22-14)18(26)11-7-15-17(19-8-11)20-9-16(25)24(15)2/h7-8H,3-6,9-10H2,1-2H3,(H,19,20)(H,21,22). The minimum absolute atomic E-state index is 0.0552. The van der Waals surface area contributed by atoms with Gasteiger partial charge in [0.05, 0.1) is 30.0 Å². The Hall–Kier alpha value is -2.90. The number of carbonyl (C=O) groups excluding carboxylic acids is 2. The van der Waals surface area contributed by atoms with Gasteiger partial charge in [0.25, 0.3) is 5.91 Å². The lowest BCUT2D eigenvalue weighted by molar-refractivity contribution is -0.116. The van der Waals surface area contributed by atoms with E-state index < -0.39 is 0 Å². The first kappa shape index (κ1) is 16.6. The smallest absolute Gasteiger partial charge is 0.255 e. The van der Waals surface area contributed by atoms with E-state index in [1.165, 1.54) is 29.0 Å². The van der Waals surface area contributed by atoms with Crippen LogP contribution in [-0.4, -0.2) is 52.5 Å². The Bertz CT molecular complexity index is 875. The molecule has 26 heavy (non-hydrogen) atoms. The average molecular weight is 354 g/mol. The molecule has 0 fully saturated rings. The Morgan fingerprint density at radius 1 is 1.35 bits per heavy atom. The first-order valence-electron chi connectivity index (χ1n) is 8.85. The van der Waals surface area contributed by atoms with Gasteiger partial charge in [0.15, 0.2) is 0 Å². The van der Waals surface area contributed by atoms with Crippen molar-refractivity contribution in [1.29, 1.82) is 0 Å². The molecule has 0 saturated carbocycles. The van der Waals surface area contributed by atoms with Crippen molar-refractivity contribution in [1.82, 2.24) is 20.1 Å². The zero-order chi connectivity index (χ0) is 18.3. The fraction of sp³-hybridized carbons (Fsp3) is 0.444. The number of pyridine rings is 1. The first-order chi connectivity index (χ1) is 12.5. The molecule has 2 aromatic heterocycles. The van der Waals surface area contributed by atoms with Gasteiger partial charge in [-0.15, -0.1) is 0 Å². The largest absolute Gasteiger partial charge is 0.359 e. The lowest BCUT2D eigenvalue weighted by Crippen LogP contribution is -2.37. The Labute approximate surface area is 151 Å². The molecule has 1 aliphatic heterocycles. The summed E-state index contributed by atoms with van der Waals surface area (Å²) in [6.07, 6.45) is 5.95. The number of hydrogen-bond donors (Lipinski definition) is 2. The molecule has 0 saturated heterocycles. The summed E-state index contributed by atoms with van der Waals surface area (Å²) in [5.41, 5.74) is 4.48. The van der Waals surface area contributed by atoms with Crippen molar-refractivity contribution in [2.24, 2.45) is 0 Å². The number of fused-ring (bicyclic) bond motifs is 2. The van der Waals surface area contributed by atoms with Crippen LogP contribution in [-0.2, 0) is 24.2 Å². The van der Waals surface area contributed by atoms with Gasteiger partial charge in [-0.05, 0) is 37.3 Å². The van der Waals surface area contributed by atoms with Crippen LogP contribution >= 0.6 is 0 Å². The van der Waals surface area contributed by atoms with Crippen LogP contribution in [0.5, 0.6) is 0 Å². The molecule has 3 heterocycles. The van der Waals surface area contributed by atoms with E-state index in [0.717, 1.165) is 18.5 Å². The molecule has 136 valence electrons. The van der Waals surface area contributed by atoms with Crippen LogP contribution in [0.4, 0.5) is 11.5 Å². The van der Waals surface area contributed by atoms with Crippen LogP contribution in [0.2, 0.25) is 0 Å². The van der Waals surface area contributed by atoms with E-state index in [0.29, 0.717) is 23.6 Å². The van der Waals surface area contributed by atoms with Gasteiger partial charge in [-0.3, -0.25) is 14.7 Å². The number of rotatable bonds is 3. The summed E-state index contributed by atoms with van der Waals surface area (Å²) in [5.74, 6) is 0.423. The monoisotopic (exact) mass is 354 g/mol. The van der Waals surface area contributed by atoms with Crippen molar-refractivity contribution in [3.8, 4) is 0 Å². The topological polar surface area (TPSA) is 94.2 Å². The molecule has 0 bridgehead atoms. The van der Waals surface area contributed by atoms with Gasteiger partial charge in [-0.2, -0.15) is 5.10 Å². The van der Waals surface area contributed by atoms with Crippen LogP contribution in [0, 0.1) is 0 Å². The molecular weight excluding hydrogens is 332 g/mol. The fourth-order valence-electron chi connectivity index (χ4n) is 3.57. The molecule has 0 radical (unpaired) electrons. The normalized spacial score (nSPS) is 15.9. The molecular formula is C18H22N6O2. The second-order valence-electron chi connectivity index (χ2n) is 6.89. The fourth-order valence-corrected chi connectivity index (χ4v) is 3.57. The third-order valence-corrected chi connectivity index (χ3v) is 5.13. The van der Waals surface area contributed by atoms with Crippen LogP contribution in [0.25, 0.3) is 0 Å². The number of anilines is 2. The number of aromatic nitrogens is 3. The van der Waals surface area contributed by atoms with E-state index in [-0.39, 0.29) is 18.4 Å². The first-order valence-corrected chi connectivity index (χ1v) is 8.85. The Morgan fingerprint density at radius 2 is 2.15 bits per heavy atom. The number of carbonyl (C=O) groups is 2. The highest BCUT2D eigenvalue weighted by Crippen LogP contribution is 2.28. The zero-order valence-corrected chi connectivity index (χ0v) is 15.0. The highest BCUT2D eigenvalue weighted by molar-refractivity contribution is 6.03. The van der Waals surface area contributed by atoms with E-state index >= 15 is 0 Å². The summed E-state index contributed by atoms with van der Waals surface area (Å²) in [4.78, 5) is 32.2. The number of hydrogen-bond acceptors (Lipinski definition) is 5. The summed E-state index contributed by atoms with van der Waals surface area (Å²) in [6, 6.07) is 1.71. The van der Waals surface area contributed by atoms with Crippen molar-refractivity contribution >= 4 is 23.3 Å². The van der Waals surface area contributed by atoms with E-state index in [4.69, 9.17) is 0 Å². The maximum absolute atomic E-state index is 12.8. The molecule has 2 amide bonds. The molecule has 2 N–H and O–H groups in total. The molecule has 4 rings (SSSR count). The van der Waals surface area contributed by atoms with Crippen molar-refractivity contribution in [3.05, 3.63) is 34.8 Å². The van der Waals surface area contributed by atoms with Gasteiger partial charge in [0, 0.05) is 26.0 Å². The van der Waals surface area contributed by atoms with Crippen LogP contribution in [0.1, 0.15) is 40.2 Å². The molecule has 2 aromatic rings. The third kappa shape index (κ3) is 2.81. The summed E-state index contributed by atoms with van der Waals surface area (Å²) in [5, 5.41) is 10.5. The van der Waals surface area contributed by atoms with Crippen molar-refractivity contribution in [2.75, 3.05) is 30.9 Å². The molecule has 1 aliphatic carbocycles. The maximum atomic E-state index is 12.8. The number of aryl methyl sites for hydroxylation is 1. The maximum Gasteiger partial charge on any atom is 0.255 e. The molecule has 0 spiro atoms. The van der Waals surface area contributed by atoms with E-state index in [1.807, 2.05) is 0 Å². The highest BCUT2D eigenvalue weighted by Gasteiger charge is 2.25. The molecule has 8 nitrogen and oxygen atoms in total. The van der Waals surface area contributed by atoms with E-state index in [2.05, 4.69) is 20.5 Å². The van der Waals surface area contributed by atoms with Crippen LogP contribution in [0.15, 0.2) is 12.3 Å². The van der Waals surface area contributed by atoms with Crippen molar-refractivity contribution in [3.63, 3.8) is 0 Å². The van der Waals surface area contributed by atoms with E-state index in [9.17, 15) is 9.59 Å². The van der Waals surface area contributed by atoms with E-state index in [1.54, 1.807) is 31.3 Å². The van der Waals surface area contributed by atoms with Crippen molar-refractivity contribution in [2.45, 2.75) is 32.2 Å². The number of nitrogens with one attached hydrogen (secondary N) is 2. The summed E-state index contributed by atoms with van der Waals surface area (Å²) in [6.45, 7) is 0.669. The van der Waals surface area contributed by atoms with Gasteiger partial charge in [-0.25, -0.2) is 4.98 Å². The molecule has 8 heteroatoms. The summed E-state index contributed by atoms with van der Waals surface area (Å²) >= 11 is 0. The minimum atomic E-state index is -0.140. The predicted octanol–water partition coefficient (Wildman–Crippen LogP) is 1.34. The number of nitrogens with zero attached hydrogens (tertiary/aromatic N) is 4. The number of likely N-dealkylation sites (N-methyl/N-ethyl adjacent to an activating group) is 1. The lowest BCUT2D eigenvalue weighted by Gasteiger charge is -2.26. The van der Waals surface area contributed by atoms with Crippen molar-refractivity contribution < 1.29 is 9.59 Å². The summed E-state index contributed by atoms with van der Waals surface area (Å²) < 4.78 is 0. The summed E-state index contributed by atoms with van der Waals surface area (Å²) in [7, 11) is 3.45. The van der Waals surface area contributed by atoms with Gasteiger partial charge < -0.3 is 15.1 Å². The van der Waals surface area contributed by atoms with Gasteiger partial charge in [0.2, 0.25) is 5.91 Å². The van der Waals surface area contributed by atoms with Gasteiger partial charge in [-0.1, -0.05) is 0 Å². The third-order valence-electron chi connectivity index (χ3n) is 5.13. The van der Waals surface area contributed by atoms with Crippen LogP contribution < -0.4 is 10.2 Å². The SMILES string of the molecule is CN(Cc1n[nH]c2c1CCCC2)C(=O)c1cnc2c(c1)N(C)C(=O)CN2. The lowest BCUT2D eigenvalue weighted by atomic mass is 9.96. The Morgan fingerprint density at radius 3 is 3.00 bits per heavy atom. The molecule has 0 atom stereocenters. The Kier molecular flexibility index (Phi) is 4.10. The number of aromatic amines is 1. The highest BCUT2D eigenvalue weighted by atomic mass is 16.2. The zero-order valence-electron chi connectivity index (χ0n) is 15.0.